The summed E-state index contributed by atoms with van der Waals surface area (Å²) < 4.78 is 26.2. The smallest absolute Gasteiger partial charge is 0.262 e. The minimum absolute atomic E-state index is 0.0117. The molecule has 1 N–H and O–H groups in total. The van der Waals surface area contributed by atoms with Crippen LogP contribution in [-0.4, -0.2) is 85.1 Å². The Labute approximate surface area is 344 Å². The molecule has 14 heteroatoms. The fourth-order valence-electron chi connectivity index (χ4n) is 7.70. The number of aromatic nitrogens is 4. The van der Waals surface area contributed by atoms with Gasteiger partial charge >= 0.3 is 0 Å². The third kappa shape index (κ3) is 7.62. The monoisotopic (exact) mass is 804 g/mol. The number of carbonyl (C=O) groups excluding carboxylic acids is 4. The van der Waals surface area contributed by atoms with Crippen molar-refractivity contribution in [2.24, 2.45) is 7.05 Å². The van der Waals surface area contributed by atoms with Gasteiger partial charge in [-0.3, -0.25) is 34.4 Å². The van der Waals surface area contributed by atoms with E-state index in [-0.39, 0.29) is 49.4 Å². The molecule has 14 nitrogen and oxygen atoms in total. The molecule has 4 amide bonds. The van der Waals surface area contributed by atoms with Gasteiger partial charge in [-0.2, -0.15) is 0 Å². The maximum atomic E-state index is 13.1. The number of imide groups is 2. The predicted molar refractivity (Wildman–Crippen MR) is 219 cm³/mol. The molecule has 1 unspecified atom stereocenters. The van der Waals surface area contributed by atoms with Crippen molar-refractivity contribution >= 4 is 45.4 Å². The lowest BCUT2D eigenvalue weighted by atomic mass is 9.92. The number of aryl methyl sites for hydroxylation is 1. The number of carbonyl (C=O) groups is 4. The van der Waals surface area contributed by atoms with Crippen molar-refractivity contribution in [1.82, 2.24) is 29.7 Å². The highest BCUT2D eigenvalue weighted by molar-refractivity contribution is 6.23. The number of fused-ring (bicyclic) bond motifs is 4. The average molecular weight is 805 g/mol. The summed E-state index contributed by atoms with van der Waals surface area (Å²) in [5.41, 5.74) is 4.47. The lowest BCUT2D eigenvalue weighted by molar-refractivity contribution is -0.136. The molecule has 2 fully saturated rings. The van der Waals surface area contributed by atoms with E-state index in [1.54, 1.807) is 18.3 Å². The van der Waals surface area contributed by atoms with Gasteiger partial charge in [0.25, 0.3) is 11.8 Å². The molecule has 0 radical (unpaired) electrons. The largest absolute Gasteiger partial charge is 0.491 e. The molecule has 2 aliphatic heterocycles. The number of nitrogens with zero attached hydrogens (tertiary/aromatic N) is 5. The highest BCUT2D eigenvalue weighted by Gasteiger charge is 2.44. The first-order valence-corrected chi connectivity index (χ1v) is 19.7. The standard InChI is InChI=1S/C46H40N6O8/c1-46(2,58-19-18-57-30-8-10-35-36(23-30)45(56)52(44(35)55)39-11-12-41(53)50-43(39)54)16-14-29-6-7-31(25-48-29)59-32-21-33(22-32)60-42-13-5-28(24-49-42)27-4-9-34-37-26-47-17-15-38(37)51(3)40(34)20-27/h4-10,13,15,17,20,23-26,32-33,39H,11-12,18-19,21-22H2,1-3H3,(H,50,53,54). The van der Waals surface area contributed by atoms with E-state index >= 15 is 0 Å². The molecule has 0 bridgehead atoms. The zero-order chi connectivity index (χ0) is 41.5. The quantitative estimate of drug-likeness (QED) is 0.0957. The van der Waals surface area contributed by atoms with Crippen LogP contribution >= 0.6 is 0 Å². The molecule has 60 heavy (non-hydrogen) atoms. The minimum atomic E-state index is -1.03. The van der Waals surface area contributed by atoms with Crippen molar-refractivity contribution in [1.29, 1.82) is 0 Å². The van der Waals surface area contributed by atoms with Crippen molar-refractivity contribution in [3.8, 4) is 40.3 Å². The van der Waals surface area contributed by atoms with Gasteiger partial charge in [0.15, 0.2) is 0 Å². The third-order valence-electron chi connectivity index (χ3n) is 11.0. The maximum Gasteiger partial charge on any atom is 0.262 e. The van der Waals surface area contributed by atoms with Crippen LogP contribution in [0, 0.1) is 11.8 Å². The topological polar surface area (TPSA) is 164 Å². The molecule has 3 aliphatic rings. The van der Waals surface area contributed by atoms with E-state index in [9.17, 15) is 19.2 Å². The molecule has 0 spiro atoms. The van der Waals surface area contributed by atoms with Gasteiger partial charge < -0.3 is 23.5 Å². The number of benzene rings is 2. The third-order valence-corrected chi connectivity index (χ3v) is 11.0. The van der Waals surface area contributed by atoms with Gasteiger partial charge in [0.2, 0.25) is 17.7 Å². The average Bonchev–Trinajstić information content (AvgIpc) is 3.66. The van der Waals surface area contributed by atoms with Crippen LogP contribution in [0.25, 0.3) is 32.9 Å². The Kier molecular flexibility index (Phi) is 9.97. The van der Waals surface area contributed by atoms with E-state index < -0.39 is 35.3 Å². The highest BCUT2D eigenvalue weighted by Crippen LogP contribution is 2.34. The van der Waals surface area contributed by atoms with Gasteiger partial charge in [-0.25, -0.2) is 9.97 Å². The SMILES string of the molecule is Cn1c2ccncc2c2ccc(-c3ccc(OC4CC(Oc5ccc(C#CC(C)(C)OCCOc6ccc7c(c6)C(=O)N(C6CCC(=O)NC6=O)C7=O)nc5)C4)nc3)cc21. The van der Waals surface area contributed by atoms with Crippen LogP contribution in [0.5, 0.6) is 17.4 Å². The predicted octanol–water partition coefficient (Wildman–Crippen LogP) is 5.80. The van der Waals surface area contributed by atoms with Crippen LogP contribution in [0.15, 0.2) is 91.5 Å². The molecular weight excluding hydrogens is 765 g/mol. The van der Waals surface area contributed by atoms with Crippen molar-refractivity contribution in [3.05, 3.63) is 108 Å². The van der Waals surface area contributed by atoms with E-state index in [4.69, 9.17) is 18.9 Å². The first-order valence-electron chi connectivity index (χ1n) is 19.7. The maximum absolute atomic E-state index is 13.1. The normalized spacial score (nSPS) is 18.8. The van der Waals surface area contributed by atoms with Crippen molar-refractivity contribution < 1.29 is 38.1 Å². The summed E-state index contributed by atoms with van der Waals surface area (Å²) in [5, 5.41) is 4.50. The van der Waals surface area contributed by atoms with E-state index in [1.165, 1.54) is 17.5 Å². The van der Waals surface area contributed by atoms with Gasteiger partial charge in [0, 0.05) is 72.8 Å². The Hall–Kier alpha value is -7.11. The van der Waals surface area contributed by atoms with Crippen LogP contribution in [0.4, 0.5) is 0 Å². The number of hydrogen-bond donors (Lipinski definition) is 1. The lowest BCUT2D eigenvalue weighted by Crippen LogP contribution is -2.54. The van der Waals surface area contributed by atoms with Crippen molar-refractivity contribution in [2.45, 2.75) is 63.4 Å². The Balaban J connectivity index is 0.709. The lowest BCUT2D eigenvalue weighted by Gasteiger charge is -2.34. The summed E-state index contributed by atoms with van der Waals surface area (Å²) in [7, 11) is 2.07. The Morgan fingerprint density at radius 2 is 1.58 bits per heavy atom. The second kappa shape index (κ2) is 15.6. The molecule has 1 aliphatic carbocycles. The summed E-state index contributed by atoms with van der Waals surface area (Å²) >= 11 is 0. The molecular formula is C46H40N6O8. The number of pyridine rings is 3. The van der Waals surface area contributed by atoms with Gasteiger partial charge in [0.05, 0.1) is 29.4 Å². The summed E-state index contributed by atoms with van der Waals surface area (Å²) in [4.78, 5) is 64.2. The molecule has 6 aromatic rings. The molecule has 302 valence electrons. The van der Waals surface area contributed by atoms with E-state index in [0.717, 1.165) is 45.3 Å². The summed E-state index contributed by atoms with van der Waals surface area (Å²) in [6, 6.07) is 19.6. The van der Waals surface area contributed by atoms with Gasteiger partial charge in [-0.1, -0.05) is 18.1 Å². The van der Waals surface area contributed by atoms with Crippen LogP contribution < -0.4 is 19.5 Å². The van der Waals surface area contributed by atoms with Crippen molar-refractivity contribution in [2.75, 3.05) is 13.2 Å². The number of piperidine rings is 1. The first kappa shape index (κ1) is 38.4. The summed E-state index contributed by atoms with van der Waals surface area (Å²) in [6.07, 6.45) is 8.87. The zero-order valence-electron chi connectivity index (χ0n) is 33.1. The zero-order valence-corrected chi connectivity index (χ0v) is 33.1. The fraction of sp³-hybridized carbons (Fsp3) is 0.283. The second-order valence-corrected chi connectivity index (χ2v) is 15.5. The van der Waals surface area contributed by atoms with E-state index in [0.29, 0.717) is 23.1 Å². The fourth-order valence-corrected chi connectivity index (χ4v) is 7.70. The molecule has 1 atom stereocenters. The Bertz CT molecular complexity index is 2750. The van der Waals surface area contributed by atoms with Crippen LogP contribution in [0.2, 0.25) is 0 Å². The van der Waals surface area contributed by atoms with Gasteiger partial charge in [-0.15, -0.1) is 0 Å². The highest BCUT2D eigenvalue weighted by atomic mass is 16.5. The second-order valence-electron chi connectivity index (χ2n) is 15.5. The Morgan fingerprint density at radius 1 is 0.783 bits per heavy atom. The van der Waals surface area contributed by atoms with Crippen LogP contribution in [0.3, 0.4) is 0 Å². The number of hydrogen-bond acceptors (Lipinski definition) is 11. The van der Waals surface area contributed by atoms with Gasteiger partial charge in [-0.05, 0) is 80.3 Å². The first-order chi connectivity index (χ1) is 29.0. The van der Waals surface area contributed by atoms with Crippen LogP contribution in [-0.2, 0) is 21.4 Å². The molecule has 9 rings (SSSR count). The number of nitrogens with one attached hydrogen (secondary N) is 1. The number of amides is 4. The summed E-state index contributed by atoms with van der Waals surface area (Å²) in [6.45, 7) is 4.03. The van der Waals surface area contributed by atoms with Crippen LogP contribution in [0.1, 0.15) is 65.9 Å². The minimum Gasteiger partial charge on any atom is -0.491 e. The van der Waals surface area contributed by atoms with Gasteiger partial charge in [0.1, 0.15) is 47.7 Å². The molecule has 1 saturated carbocycles. The summed E-state index contributed by atoms with van der Waals surface area (Å²) in [5.74, 6) is 5.51. The molecule has 4 aromatic heterocycles. The number of rotatable bonds is 11. The Morgan fingerprint density at radius 3 is 2.37 bits per heavy atom. The van der Waals surface area contributed by atoms with E-state index in [2.05, 4.69) is 61.9 Å². The number of ether oxygens (including phenoxy) is 4. The molecule has 1 saturated heterocycles. The van der Waals surface area contributed by atoms with E-state index in [1.807, 2.05) is 56.7 Å². The molecule has 2 aromatic carbocycles. The van der Waals surface area contributed by atoms with Crippen molar-refractivity contribution in [3.63, 3.8) is 0 Å². The molecule has 6 heterocycles.